The quantitative estimate of drug-likeness (QED) is 0.0832. The summed E-state index contributed by atoms with van der Waals surface area (Å²) in [6.07, 6.45) is 2.52. The van der Waals surface area contributed by atoms with E-state index in [2.05, 4.69) is 382 Å². The van der Waals surface area contributed by atoms with E-state index in [9.17, 15) is 4.74 Å². The summed E-state index contributed by atoms with van der Waals surface area (Å²) in [6.45, 7) is 18.4. The molecular formula is C90H84O. The third kappa shape index (κ3) is 9.57. The highest BCUT2D eigenvalue weighted by Crippen LogP contribution is 2.83. The van der Waals surface area contributed by atoms with Crippen molar-refractivity contribution in [1.29, 1.82) is 0 Å². The van der Waals surface area contributed by atoms with Crippen LogP contribution in [0.25, 0.3) is 22.3 Å². The van der Waals surface area contributed by atoms with E-state index in [1.165, 1.54) is 89.0 Å². The van der Waals surface area contributed by atoms with Gasteiger partial charge in [0.15, 0.2) is 0 Å². The largest absolute Gasteiger partial charge is 0.485 e. The molecule has 12 aromatic carbocycles. The zero-order chi connectivity index (χ0) is 62.7. The Morgan fingerprint density at radius 2 is 0.714 bits per heavy atom. The summed E-state index contributed by atoms with van der Waals surface area (Å²) in [4.78, 5) is 0. The summed E-state index contributed by atoms with van der Waals surface area (Å²) >= 11 is 0. The van der Waals surface area contributed by atoms with Crippen LogP contribution in [0.15, 0.2) is 334 Å². The van der Waals surface area contributed by atoms with Crippen molar-refractivity contribution >= 4 is 0 Å². The predicted molar refractivity (Wildman–Crippen MR) is 381 cm³/mol. The van der Waals surface area contributed by atoms with Crippen LogP contribution in [-0.2, 0) is 52.8 Å². The maximum atomic E-state index is 9.26. The van der Waals surface area contributed by atoms with Crippen molar-refractivity contribution in [1.82, 2.24) is 0 Å². The van der Waals surface area contributed by atoms with Crippen molar-refractivity contribution in [2.24, 2.45) is 5.41 Å². The highest BCUT2D eigenvalue weighted by Gasteiger charge is 2.88. The van der Waals surface area contributed by atoms with Crippen molar-refractivity contribution in [2.75, 3.05) is 0 Å². The number of ether oxygens (including phenoxy) is 1. The van der Waals surface area contributed by atoms with Crippen LogP contribution in [0, 0.1) is 19.3 Å². The second-order valence-electron chi connectivity index (χ2n) is 26.8. The van der Waals surface area contributed by atoms with Crippen LogP contribution in [0.1, 0.15) is 101 Å². The molecule has 450 valence electrons. The van der Waals surface area contributed by atoms with E-state index in [-0.39, 0.29) is 0 Å². The molecule has 1 saturated carbocycles. The Morgan fingerprint density at radius 1 is 0.341 bits per heavy atom. The van der Waals surface area contributed by atoms with Crippen LogP contribution in [-0.4, -0.2) is 5.60 Å². The second-order valence-corrected chi connectivity index (χ2v) is 26.8. The number of hydrogen-bond acceptors (Lipinski definition) is 1. The third-order valence-electron chi connectivity index (χ3n) is 22.4. The number of hydrogen-bond donors (Lipinski definition) is 0. The van der Waals surface area contributed by atoms with Gasteiger partial charge in [-0.15, -0.1) is 0 Å². The molecular weight excluding hydrogens is 1100 g/mol. The van der Waals surface area contributed by atoms with Gasteiger partial charge in [-0.2, -0.15) is 0 Å². The van der Waals surface area contributed by atoms with Crippen molar-refractivity contribution in [3.8, 4) is 28.0 Å². The average Bonchev–Trinajstić information content (AvgIpc) is 0.616. The van der Waals surface area contributed by atoms with E-state index in [0.717, 1.165) is 5.75 Å². The van der Waals surface area contributed by atoms with Gasteiger partial charge in [0.25, 0.3) is 0 Å². The average molecular weight is 1180 g/mol. The molecule has 0 amide bonds. The number of para-hydroxylation sites is 1. The van der Waals surface area contributed by atoms with Crippen molar-refractivity contribution < 1.29 is 4.74 Å². The standard InChI is InChI=1S/C90H84O/c1-67-80(63-69-41-19-8-20-42-69)83(82(74-51-29-13-30-52-74)68(2)81(67)73-49-27-12-28-50-73)87(7)86(6,76-55-33-15-34-56-76)88(77-57-35-16-36-58-77,65-71-45-23-10-24-46-71)84(3,4)89(66-72-47-25-11-26-48-72,91-79-61-39-18-40-62-79)90(87,78-59-37-17-38-60-78)85(5,75-53-31-14-32-54-75)64-70-43-21-9-22-44-70/h8-62H,63-66H2,1-7H3. The lowest BCUT2D eigenvalue weighted by Gasteiger charge is -2.83. The first kappa shape index (κ1) is 60.4. The summed E-state index contributed by atoms with van der Waals surface area (Å²) in [5.41, 5.74) is 13.0. The molecule has 0 N–H and O–H groups in total. The van der Waals surface area contributed by atoms with Crippen molar-refractivity contribution in [2.45, 2.75) is 107 Å². The molecule has 0 bridgehead atoms. The van der Waals surface area contributed by atoms with Crippen molar-refractivity contribution in [3.05, 3.63) is 400 Å². The Hall–Kier alpha value is -9.56. The molecule has 0 radical (unpaired) electrons. The van der Waals surface area contributed by atoms with E-state index in [0.29, 0.717) is 25.7 Å². The Morgan fingerprint density at radius 3 is 1.20 bits per heavy atom. The molecule has 12 aromatic rings. The van der Waals surface area contributed by atoms with Gasteiger partial charge in [-0.1, -0.05) is 356 Å². The molecule has 91 heavy (non-hydrogen) atoms. The van der Waals surface area contributed by atoms with Crippen LogP contribution in [0.5, 0.6) is 5.75 Å². The summed E-state index contributed by atoms with van der Waals surface area (Å²) in [7, 11) is 0. The molecule has 6 unspecified atom stereocenters. The van der Waals surface area contributed by atoms with Gasteiger partial charge in [-0.3, -0.25) is 0 Å². The molecule has 1 aliphatic carbocycles. The van der Waals surface area contributed by atoms with Crippen molar-refractivity contribution in [3.63, 3.8) is 0 Å². The Balaban J connectivity index is 1.44. The monoisotopic (exact) mass is 1180 g/mol. The fraction of sp³-hybridized carbons (Fsp3) is 0.200. The van der Waals surface area contributed by atoms with Crippen LogP contribution in [0.3, 0.4) is 0 Å². The maximum Gasteiger partial charge on any atom is 0.130 e. The molecule has 1 aliphatic rings. The Labute approximate surface area is 542 Å². The SMILES string of the molecule is Cc1c(Cc2ccccc2)c(C2(C)C(C)(c3ccccc3)C(Cc3ccccc3)(c3ccccc3)C(C)(C)C(Cc3ccccc3)(Oc3ccccc3)C2(c2ccccc2)C(C)(Cc2ccccc2)c2ccccc2)c(-c2ccccc2)c(C)c1-c1ccccc1. The first-order valence-electron chi connectivity index (χ1n) is 32.8. The van der Waals surface area contributed by atoms with Gasteiger partial charge < -0.3 is 4.74 Å². The molecule has 0 spiro atoms. The van der Waals surface area contributed by atoms with Crippen LogP contribution < -0.4 is 4.74 Å². The normalized spacial score (nSPS) is 21.7. The number of rotatable bonds is 18. The molecule has 6 atom stereocenters. The smallest absolute Gasteiger partial charge is 0.130 e. The maximum absolute atomic E-state index is 9.26. The van der Waals surface area contributed by atoms with Crippen LogP contribution in [0.2, 0.25) is 0 Å². The lowest BCUT2D eigenvalue weighted by atomic mass is 9.20. The summed E-state index contributed by atoms with van der Waals surface area (Å²) in [5, 5.41) is 0. The number of benzene rings is 12. The van der Waals surface area contributed by atoms with Crippen LogP contribution in [0.4, 0.5) is 0 Å². The zero-order valence-electron chi connectivity index (χ0n) is 54.0. The lowest BCUT2D eigenvalue weighted by molar-refractivity contribution is -0.256. The highest BCUT2D eigenvalue weighted by molar-refractivity contribution is 5.87. The van der Waals surface area contributed by atoms with E-state index in [4.69, 9.17) is 0 Å². The van der Waals surface area contributed by atoms with Gasteiger partial charge in [0, 0.05) is 33.5 Å². The molecule has 13 rings (SSSR count). The summed E-state index contributed by atoms with van der Waals surface area (Å²) in [5.74, 6) is 0.828. The Kier molecular flexibility index (Phi) is 16.4. The minimum Gasteiger partial charge on any atom is -0.485 e. The van der Waals surface area contributed by atoms with Gasteiger partial charge in [0.1, 0.15) is 11.4 Å². The minimum atomic E-state index is -1.25. The molecule has 0 saturated heterocycles. The van der Waals surface area contributed by atoms with Gasteiger partial charge >= 0.3 is 0 Å². The second kappa shape index (κ2) is 24.7. The van der Waals surface area contributed by atoms with E-state index in [1.54, 1.807) is 0 Å². The topological polar surface area (TPSA) is 9.23 Å². The summed E-state index contributed by atoms with van der Waals surface area (Å²) in [6, 6.07) is 127. The molecule has 1 fully saturated rings. The molecule has 0 aliphatic heterocycles. The van der Waals surface area contributed by atoms with Gasteiger partial charge in [-0.05, 0) is 134 Å². The zero-order valence-corrected chi connectivity index (χ0v) is 54.0. The fourth-order valence-corrected chi connectivity index (χ4v) is 18.8. The molecule has 0 aromatic heterocycles. The predicted octanol–water partition coefficient (Wildman–Crippen LogP) is 21.9. The first-order chi connectivity index (χ1) is 44.4. The van der Waals surface area contributed by atoms with E-state index < -0.39 is 38.1 Å². The summed E-state index contributed by atoms with van der Waals surface area (Å²) < 4.78 is 9.26. The fourth-order valence-electron chi connectivity index (χ4n) is 18.8. The van der Waals surface area contributed by atoms with Crippen LogP contribution >= 0.6 is 0 Å². The Bertz CT molecular complexity index is 4310. The molecule has 1 nitrogen and oxygen atoms in total. The first-order valence-corrected chi connectivity index (χ1v) is 32.8. The highest BCUT2D eigenvalue weighted by atomic mass is 16.5. The van der Waals surface area contributed by atoms with E-state index in [1.807, 2.05) is 0 Å². The van der Waals surface area contributed by atoms with E-state index >= 15 is 0 Å². The third-order valence-corrected chi connectivity index (χ3v) is 22.4. The minimum absolute atomic E-state index is 0.528. The van der Waals surface area contributed by atoms with Gasteiger partial charge in [0.05, 0.1) is 5.41 Å². The molecule has 1 heteroatoms. The van der Waals surface area contributed by atoms with Gasteiger partial charge in [0.2, 0.25) is 0 Å². The lowest BCUT2D eigenvalue weighted by Crippen LogP contribution is -2.90. The van der Waals surface area contributed by atoms with Gasteiger partial charge in [-0.25, -0.2) is 0 Å². The molecule has 0 heterocycles.